The summed E-state index contributed by atoms with van der Waals surface area (Å²) in [5.74, 6) is 0. The number of allylic oxidation sites excluding steroid dienone is 1. The summed E-state index contributed by atoms with van der Waals surface area (Å²) in [6, 6.07) is 10.7. The van der Waals surface area contributed by atoms with Gasteiger partial charge in [0.2, 0.25) is 0 Å². The Morgan fingerprint density at radius 3 is 1.90 bits per heavy atom. The number of rotatable bonds is 4. The number of halogens is 2. The zero-order chi connectivity index (χ0) is 19.4. The van der Waals surface area contributed by atoms with E-state index in [0.717, 1.165) is 24.2 Å². The predicted molar refractivity (Wildman–Crippen MR) is 127 cm³/mol. The van der Waals surface area contributed by atoms with E-state index < -0.39 is 0 Å². The molecule has 4 rings (SSSR count). The molecule has 2 unspecified atom stereocenters. The van der Waals surface area contributed by atoms with Crippen molar-refractivity contribution in [3.05, 3.63) is 41.5 Å². The molecule has 0 bridgehead atoms. The van der Waals surface area contributed by atoms with Crippen LogP contribution in [-0.2, 0) is 19.5 Å². The average molecular weight is 539 g/mol. The predicted octanol–water partition coefficient (Wildman–Crippen LogP) is 8.94. The van der Waals surface area contributed by atoms with Crippen LogP contribution in [0.15, 0.2) is 35.9 Å². The van der Waals surface area contributed by atoms with Crippen LogP contribution < -0.4 is 0 Å². The summed E-state index contributed by atoms with van der Waals surface area (Å²) in [5, 5.41) is 0.101. The van der Waals surface area contributed by atoms with Gasteiger partial charge in [0.1, 0.15) is 0 Å². The van der Waals surface area contributed by atoms with Gasteiger partial charge in [0.25, 0.3) is 0 Å². The van der Waals surface area contributed by atoms with Crippen LogP contribution in [0.25, 0.3) is 6.08 Å². The van der Waals surface area contributed by atoms with Gasteiger partial charge in [0, 0.05) is 0 Å². The minimum absolute atomic E-state index is 0. The number of benzene rings is 1. The number of alkyl halides is 2. The Kier molecular flexibility index (Phi) is 9.58. The van der Waals surface area contributed by atoms with Crippen molar-refractivity contribution in [1.82, 2.24) is 0 Å². The van der Waals surface area contributed by atoms with Gasteiger partial charge in [0.15, 0.2) is 0 Å². The molecule has 0 radical (unpaired) electrons. The van der Waals surface area contributed by atoms with Crippen LogP contribution in [0.1, 0.15) is 89.0 Å². The summed E-state index contributed by atoms with van der Waals surface area (Å²) in [7, 11) is -0.247. The Labute approximate surface area is 202 Å². The normalized spacial score (nSPS) is 31.0. The quantitative estimate of drug-likeness (QED) is 0.204. The van der Waals surface area contributed by atoms with Gasteiger partial charge in [-0.05, 0) is 67.4 Å². The SMILES string of the molecule is ClC1CCCC(Cl)(P(C2CCCCC2)C2CCCCC2)C1=Cc1ccccc1.[Ru+2]. The first-order valence-corrected chi connectivity index (χ1v) is 13.9. The molecule has 29 heavy (non-hydrogen) atoms. The Morgan fingerprint density at radius 1 is 0.793 bits per heavy atom. The van der Waals surface area contributed by atoms with Gasteiger partial charge in [0.05, 0.1) is 9.99 Å². The zero-order valence-electron chi connectivity index (χ0n) is 17.4. The molecular formula is C25H35Cl2PRu+2. The van der Waals surface area contributed by atoms with Crippen molar-refractivity contribution in [3.63, 3.8) is 0 Å². The summed E-state index contributed by atoms with van der Waals surface area (Å²) >= 11 is 14.8. The van der Waals surface area contributed by atoms with Crippen molar-refractivity contribution in [3.8, 4) is 0 Å². The zero-order valence-corrected chi connectivity index (χ0v) is 21.6. The third-order valence-electron chi connectivity index (χ3n) is 7.21. The van der Waals surface area contributed by atoms with Crippen LogP contribution >= 0.6 is 31.1 Å². The summed E-state index contributed by atoms with van der Waals surface area (Å²) in [5.41, 5.74) is 4.32. The summed E-state index contributed by atoms with van der Waals surface area (Å²) in [6.07, 6.45) is 19.9. The van der Waals surface area contributed by atoms with Gasteiger partial charge in [-0.25, -0.2) is 0 Å². The number of hydrogen-bond acceptors (Lipinski definition) is 0. The topological polar surface area (TPSA) is 0 Å². The second-order valence-electron chi connectivity index (χ2n) is 9.12. The van der Waals surface area contributed by atoms with Crippen LogP contribution in [0.2, 0.25) is 0 Å². The van der Waals surface area contributed by atoms with E-state index >= 15 is 0 Å². The Balaban J connectivity index is 0.00000240. The van der Waals surface area contributed by atoms with Crippen molar-refractivity contribution >= 4 is 37.2 Å². The molecule has 0 spiro atoms. The van der Waals surface area contributed by atoms with E-state index in [-0.39, 0.29) is 37.4 Å². The second kappa shape index (κ2) is 11.5. The largest absolute Gasteiger partial charge is 2.00 e. The molecule has 0 amide bonds. The molecule has 0 saturated heterocycles. The Hall–Kier alpha value is 0.593. The summed E-state index contributed by atoms with van der Waals surface area (Å²) in [4.78, 5) is 0. The molecule has 3 fully saturated rings. The molecule has 1 aromatic rings. The van der Waals surface area contributed by atoms with Crippen LogP contribution in [0.3, 0.4) is 0 Å². The molecule has 3 aliphatic carbocycles. The summed E-state index contributed by atoms with van der Waals surface area (Å²) < 4.78 is -0.181. The standard InChI is InChI=1S/C25H35Cl2P.Ru/c26-24-17-10-18-25(27,23(24)19-20-11-4-1-5-12-20)28(21-13-6-2-7-14-21)22-15-8-3-9-16-22;/h1,4-5,11-12,19,21-22,24H,2-3,6-10,13-18H2;/q;+2. The Morgan fingerprint density at radius 2 is 1.34 bits per heavy atom. The molecule has 3 saturated carbocycles. The maximum atomic E-state index is 7.79. The molecule has 0 aliphatic heterocycles. The molecule has 0 heterocycles. The van der Waals surface area contributed by atoms with Crippen LogP contribution in [0.4, 0.5) is 0 Å². The smallest absolute Gasteiger partial charge is 0.118 e. The monoisotopic (exact) mass is 538 g/mol. The van der Waals surface area contributed by atoms with Gasteiger partial charge < -0.3 is 0 Å². The van der Waals surface area contributed by atoms with E-state index in [0.29, 0.717) is 0 Å². The molecule has 4 heteroatoms. The van der Waals surface area contributed by atoms with Crippen molar-refractivity contribution in [2.24, 2.45) is 0 Å². The van der Waals surface area contributed by atoms with Gasteiger partial charge in [-0.15, -0.1) is 23.2 Å². The molecule has 0 N–H and O–H groups in total. The molecule has 0 nitrogen and oxygen atoms in total. The molecule has 160 valence electrons. The van der Waals surface area contributed by atoms with Crippen molar-refractivity contribution in [1.29, 1.82) is 0 Å². The van der Waals surface area contributed by atoms with E-state index in [1.165, 1.54) is 81.8 Å². The first-order chi connectivity index (χ1) is 13.7. The fourth-order valence-corrected chi connectivity index (χ4v) is 12.1. The van der Waals surface area contributed by atoms with Crippen molar-refractivity contribution in [2.45, 2.75) is 105 Å². The van der Waals surface area contributed by atoms with Crippen LogP contribution in [0, 0.1) is 0 Å². The summed E-state index contributed by atoms with van der Waals surface area (Å²) in [6.45, 7) is 0. The molecule has 0 aromatic heterocycles. The maximum absolute atomic E-state index is 7.79. The van der Waals surface area contributed by atoms with E-state index in [1.54, 1.807) is 0 Å². The fraction of sp³-hybridized carbons (Fsp3) is 0.680. The first-order valence-electron chi connectivity index (χ1n) is 11.6. The third-order valence-corrected chi connectivity index (χ3v) is 12.6. The minimum atomic E-state index is -0.247. The van der Waals surface area contributed by atoms with E-state index in [9.17, 15) is 0 Å². The molecule has 3 aliphatic rings. The van der Waals surface area contributed by atoms with Crippen LogP contribution in [0.5, 0.6) is 0 Å². The van der Waals surface area contributed by atoms with Crippen molar-refractivity contribution < 1.29 is 19.5 Å². The number of hydrogen-bond donors (Lipinski definition) is 0. The second-order valence-corrected chi connectivity index (χ2v) is 13.6. The van der Waals surface area contributed by atoms with Gasteiger partial charge in [-0.3, -0.25) is 0 Å². The Bertz CT molecular complexity index is 634. The minimum Gasteiger partial charge on any atom is -0.118 e. The molecule has 2 atom stereocenters. The van der Waals surface area contributed by atoms with Gasteiger partial charge in [-0.2, -0.15) is 0 Å². The van der Waals surface area contributed by atoms with Crippen LogP contribution in [-0.4, -0.2) is 21.3 Å². The molecule has 1 aromatic carbocycles. The van der Waals surface area contributed by atoms with E-state index in [1.807, 2.05) is 0 Å². The van der Waals surface area contributed by atoms with Gasteiger partial charge in [-0.1, -0.05) is 82.9 Å². The van der Waals surface area contributed by atoms with Crippen molar-refractivity contribution in [2.75, 3.05) is 0 Å². The molecular weight excluding hydrogens is 503 g/mol. The maximum Gasteiger partial charge on any atom is 2.00 e. The van der Waals surface area contributed by atoms with E-state index in [4.69, 9.17) is 23.2 Å². The first kappa shape index (κ1) is 24.2. The third kappa shape index (κ3) is 5.69. The van der Waals surface area contributed by atoms with E-state index in [2.05, 4.69) is 36.4 Å². The van der Waals surface area contributed by atoms with Gasteiger partial charge >= 0.3 is 19.5 Å². The average Bonchev–Trinajstić information content (AvgIpc) is 2.73. The fourth-order valence-electron chi connectivity index (χ4n) is 5.86.